The monoisotopic (exact) mass is 733 g/mol. The molecule has 1 heterocycles. The van der Waals surface area contributed by atoms with Crippen LogP contribution in [0.5, 0.6) is 17.2 Å². The summed E-state index contributed by atoms with van der Waals surface area (Å²) >= 11 is 0. The average Bonchev–Trinajstić information content (AvgIpc) is 3.08. The molecule has 0 aromatic heterocycles. The van der Waals surface area contributed by atoms with E-state index in [2.05, 4.69) is 16.0 Å². The van der Waals surface area contributed by atoms with Crippen LogP contribution in [0.3, 0.4) is 0 Å². The second kappa shape index (κ2) is 18.0. The zero-order chi connectivity index (χ0) is 38.7. The number of esters is 1. The summed E-state index contributed by atoms with van der Waals surface area (Å²) in [6.07, 6.45) is -1.19. The molecule has 9 N–H and O–H groups in total. The second-order valence-corrected chi connectivity index (χ2v) is 12.1. The molecule has 1 atom stereocenters. The number of carbonyl (C=O) groups is 6. The van der Waals surface area contributed by atoms with Gasteiger partial charge in [-0.2, -0.15) is 0 Å². The van der Waals surface area contributed by atoms with Gasteiger partial charge in [-0.05, 0) is 72.4 Å². The van der Waals surface area contributed by atoms with Crippen LogP contribution >= 0.6 is 0 Å². The molecule has 0 aliphatic carbocycles. The van der Waals surface area contributed by atoms with Gasteiger partial charge in [-0.15, -0.1) is 0 Å². The van der Waals surface area contributed by atoms with E-state index in [1.165, 1.54) is 25.3 Å². The first kappa shape index (κ1) is 39.1. The normalized spacial score (nSPS) is 12.8. The topological polar surface area (TPSA) is 277 Å². The Morgan fingerprint density at radius 3 is 2.28 bits per heavy atom. The first-order valence-corrected chi connectivity index (χ1v) is 16.4. The Hall–Kier alpha value is -6.65. The maximum atomic E-state index is 14.1. The van der Waals surface area contributed by atoms with Gasteiger partial charge in [0.05, 0.1) is 37.7 Å². The number of rotatable bonds is 15. The van der Waals surface area contributed by atoms with Crippen molar-refractivity contribution in [2.45, 2.75) is 57.0 Å². The van der Waals surface area contributed by atoms with Gasteiger partial charge >= 0.3 is 23.9 Å². The highest BCUT2D eigenvalue weighted by Crippen LogP contribution is 2.37. The predicted molar refractivity (Wildman–Crippen MR) is 188 cm³/mol. The molecule has 53 heavy (non-hydrogen) atoms. The Morgan fingerprint density at radius 1 is 0.962 bits per heavy atom. The molecule has 17 heteroatoms. The van der Waals surface area contributed by atoms with Gasteiger partial charge in [-0.1, -0.05) is 18.2 Å². The van der Waals surface area contributed by atoms with E-state index >= 15 is 0 Å². The summed E-state index contributed by atoms with van der Waals surface area (Å²) in [4.78, 5) is 75.3. The molecule has 3 aromatic rings. The van der Waals surface area contributed by atoms with Crippen LogP contribution in [0, 0.1) is 5.41 Å². The molecule has 2 amide bonds. The molecule has 280 valence electrons. The number of anilines is 1. The number of nitrogens with one attached hydrogen (secondary N) is 4. The summed E-state index contributed by atoms with van der Waals surface area (Å²) in [6.45, 7) is 0.0127. The van der Waals surface area contributed by atoms with Crippen molar-refractivity contribution in [2.75, 3.05) is 19.0 Å². The third-order valence-corrected chi connectivity index (χ3v) is 8.11. The van der Waals surface area contributed by atoms with E-state index in [-0.39, 0.29) is 60.0 Å². The number of ether oxygens (including phenoxy) is 3. The number of carbonyl (C=O) groups excluding carboxylic acids is 3. The molecule has 4 rings (SSSR count). The van der Waals surface area contributed by atoms with Gasteiger partial charge in [0.1, 0.15) is 11.8 Å². The second-order valence-electron chi connectivity index (χ2n) is 12.1. The molecule has 3 aromatic carbocycles. The third kappa shape index (κ3) is 11.2. The molecule has 17 nitrogen and oxygen atoms in total. The molecule has 1 aliphatic rings. The zero-order valence-electron chi connectivity index (χ0n) is 28.6. The Morgan fingerprint density at radius 2 is 1.66 bits per heavy atom. The van der Waals surface area contributed by atoms with Crippen molar-refractivity contribution in [3.05, 3.63) is 82.4 Å². The van der Waals surface area contributed by atoms with Crippen LogP contribution in [-0.4, -0.2) is 82.8 Å². The van der Waals surface area contributed by atoms with Gasteiger partial charge in [0, 0.05) is 24.6 Å². The van der Waals surface area contributed by atoms with Gasteiger partial charge in [0.15, 0.2) is 17.5 Å². The molecule has 0 saturated heterocycles. The number of hydrogen-bond acceptors (Lipinski definition) is 10. The van der Waals surface area contributed by atoms with Crippen LogP contribution in [-0.2, 0) is 38.4 Å². The predicted octanol–water partition coefficient (Wildman–Crippen LogP) is 2.34. The fourth-order valence-corrected chi connectivity index (χ4v) is 5.68. The van der Waals surface area contributed by atoms with Crippen LogP contribution in [0.15, 0.2) is 54.6 Å². The zero-order valence-corrected chi connectivity index (χ0v) is 28.6. The lowest BCUT2D eigenvalue weighted by Gasteiger charge is -2.22. The number of benzene rings is 3. The van der Waals surface area contributed by atoms with Crippen molar-refractivity contribution in [1.82, 2.24) is 10.6 Å². The van der Waals surface area contributed by atoms with Crippen molar-refractivity contribution in [1.29, 1.82) is 5.41 Å². The molecule has 1 unspecified atom stereocenters. The number of hydrogen-bond donors (Lipinski definition) is 8. The van der Waals surface area contributed by atoms with Gasteiger partial charge in [-0.3, -0.25) is 24.6 Å². The lowest BCUT2D eigenvalue weighted by Crippen LogP contribution is -2.43. The summed E-state index contributed by atoms with van der Waals surface area (Å²) in [7, 11) is 1.48. The summed E-state index contributed by atoms with van der Waals surface area (Å²) in [5, 5.41) is 43.5. The lowest BCUT2D eigenvalue weighted by molar-refractivity contribution is -0.141. The van der Waals surface area contributed by atoms with Crippen molar-refractivity contribution in [3.63, 3.8) is 0 Å². The van der Waals surface area contributed by atoms with E-state index in [1.807, 2.05) is 0 Å². The molecule has 1 aliphatic heterocycles. The summed E-state index contributed by atoms with van der Waals surface area (Å²) in [5.41, 5.74) is 7.31. The molecule has 0 bridgehead atoms. The fourth-order valence-electron chi connectivity index (χ4n) is 5.68. The Balaban J connectivity index is 1.69. The largest absolute Gasteiger partial charge is 0.497 e. The van der Waals surface area contributed by atoms with Gasteiger partial charge in [0.2, 0.25) is 5.91 Å². The average molecular weight is 734 g/mol. The Kier molecular flexibility index (Phi) is 13.3. The maximum absolute atomic E-state index is 14.1. The van der Waals surface area contributed by atoms with Crippen LogP contribution in [0.1, 0.15) is 63.1 Å². The summed E-state index contributed by atoms with van der Waals surface area (Å²) < 4.78 is 17.0. The van der Waals surface area contributed by atoms with E-state index in [0.717, 1.165) is 0 Å². The Labute approximate surface area is 302 Å². The molecular weight excluding hydrogens is 694 g/mol. The van der Waals surface area contributed by atoms with Gasteiger partial charge in [0.25, 0.3) is 5.91 Å². The SMILES string of the molecule is COc1ccc(CC(NC(=O)c2c(CCC(=O)NC(CC(=O)O)CC(=O)O)ccc3c2OCCCc2cc(NC(=N)N)ccc2C(=O)O3)C(=O)O)cc1. The third-order valence-electron chi connectivity index (χ3n) is 8.11. The van der Waals surface area contributed by atoms with Crippen LogP contribution in [0.2, 0.25) is 0 Å². The fraction of sp³-hybridized carbons (Fsp3) is 0.306. The molecule has 0 spiro atoms. The van der Waals surface area contributed by atoms with Gasteiger partial charge < -0.3 is 51.2 Å². The number of nitrogens with two attached hydrogens (primary N) is 1. The lowest BCUT2D eigenvalue weighted by atomic mass is 9.98. The summed E-state index contributed by atoms with van der Waals surface area (Å²) in [5.74, 6) is -6.42. The molecule has 0 fully saturated rings. The van der Waals surface area contributed by atoms with E-state index in [0.29, 0.717) is 35.4 Å². The van der Waals surface area contributed by atoms with Crippen molar-refractivity contribution >= 4 is 47.3 Å². The van der Waals surface area contributed by atoms with Crippen LogP contribution < -0.4 is 35.9 Å². The van der Waals surface area contributed by atoms with Crippen molar-refractivity contribution in [3.8, 4) is 17.2 Å². The van der Waals surface area contributed by atoms with Crippen molar-refractivity contribution < 1.29 is 58.3 Å². The van der Waals surface area contributed by atoms with Crippen LogP contribution in [0.25, 0.3) is 0 Å². The number of amides is 2. The van der Waals surface area contributed by atoms with E-state index in [1.54, 1.807) is 36.4 Å². The number of methoxy groups -OCH3 is 1. The Bertz CT molecular complexity index is 1880. The maximum Gasteiger partial charge on any atom is 0.343 e. The molecule has 0 radical (unpaired) electrons. The molecular formula is C36H39N5O12. The van der Waals surface area contributed by atoms with Crippen molar-refractivity contribution in [2.24, 2.45) is 5.73 Å². The van der Waals surface area contributed by atoms with Gasteiger partial charge in [-0.25, -0.2) is 9.59 Å². The number of carboxylic acid groups (broad SMARTS) is 3. The first-order chi connectivity index (χ1) is 25.2. The minimum absolute atomic E-state index is 0.0127. The number of carboxylic acids is 3. The van der Waals surface area contributed by atoms with E-state index in [4.69, 9.17) is 35.6 Å². The molecule has 0 saturated carbocycles. The quantitative estimate of drug-likeness (QED) is 0.0482. The number of fused-ring (bicyclic) bond motifs is 2. The van der Waals surface area contributed by atoms with Crippen LogP contribution in [0.4, 0.5) is 5.69 Å². The minimum atomic E-state index is -1.43. The summed E-state index contributed by atoms with van der Waals surface area (Å²) in [6, 6.07) is 11.4. The standard InChI is InChI=1S/C36H39N5O12/c1-51-24-9-4-19(5-10-24)15-26(34(48)49)41-33(47)31-20(7-13-28(42)39-23(17-29(43)44)18-30(45)46)6-12-27-32(31)52-14-2-3-21-16-22(40-36(37)38)8-11-25(21)35(50)53-27/h4-6,8-12,16,23,26H,2-3,7,13-15,17-18H2,1H3,(H,39,42)(H,41,47)(H,43,44)(H,45,46)(H,48,49)(H4,37,38,40). The minimum Gasteiger partial charge on any atom is -0.497 e. The number of guanidine groups is 1. The highest BCUT2D eigenvalue weighted by molar-refractivity contribution is 6.02. The van der Waals surface area contributed by atoms with E-state index < -0.39 is 60.6 Å². The number of aryl methyl sites for hydroxylation is 2. The number of aliphatic carboxylic acids is 3. The smallest absolute Gasteiger partial charge is 0.343 e. The first-order valence-electron chi connectivity index (χ1n) is 16.4. The highest BCUT2D eigenvalue weighted by atomic mass is 16.6. The van der Waals surface area contributed by atoms with E-state index in [9.17, 15) is 33.9 Å². The highest BCUT2D eigenvalue weighted by Gasteiger charge is 2.30.